The zero-order valence-corrected chi connectivity index (χ0v) is 12.6. The average Bonchev–Trinajstić information content (AvgIpc) is 2.62. The Morgan fingerprint density at radius 2 is 2.05 bits per heavy atom. The Morgan fingerprint density at radius 1 is 1.48 bits per heavy atom. The molecule has 6 nitrogen and oxygen atoms in total. The lowest BCUT2D eigenvalue weighted by Crippen LogP contribution is -2.30. The zero-order valence-electron chi connectivity index (χ0n) is 11.9. The lowest BCUT2D eigenvalue weighted by Gasteiger charge is -2.18. The molecule has 0 aliphatic rings. The van der Waals surface area contributed by atoms with Gasteiger partial charge in [0.05, 0.1) is 11.3 Å². The largest absolute Gasteiger partial charge is 0.481 e. The minimum Gasteiger partial charge on any atom is -0.481 e. The molecule has 1 aromatic heterocycles. The predicted octanol–water partition coefficient (Wildman–Crippen LogP) is 1.95. The van der Waals surface area contributed by atoms with Gasteiger partial charge in [0.25, 0.3) is 5.91 Å². The molecule has 0 aromatic carbocycles. The van der Waals surface area contributed by atoms with Gasteiger partial charge in [-0.2, -0.15) is 13.9 Å². The van der Waals surface area contributed by atoms with Crippen molar-refractivity contribution in [2.75, 3.05) is 13.6 Å². The summed E-state index contributed by atoms with van der Waals surface area (Å²) in [7, 11) is 2.69. The second-order valence-corrected chi connectivity index (χ2v) is 5.13. The third-order valence-electron chi connectivity index (χ3n) is 2.94. The maximum Gasteiger partial charge on any atom is 0.365 e. The van der Waals surface area contributed by atoms with Crippen LogP contribution in [0.25, 0.3) is 0 Å². The van der Waals surface area contributed by atoms with E-state index in [0.29, 0.717) is 0 Å². The number of aromatic nitrogens is 2. The molecule has 1 heterocycles. The highest BCUT2D eigenvalue weighted by atomic mass is 35.5. The van der Waals surface area contributed by atoms with Crippen LogP contribution in [0.15, 0.2) is 0 Å². The fourth-order valence-electron chi connectivity index (χ4n) is 2.00. The van der Waals surface area contributed by atoms with Crippen LogP contribution in [0.3, 0.4) is 0 Å². The van der Waals surface area contributed by atoms with Gasteiger partial charge < -0.3 is 10.0 Å². The Hall–Kier alpha value is -1.70. The van der Waals surface area contributed by atoms with E-state index in [1.54, 1.807) is 0 Å². The number of carboxylic acid groups (broad SMARTS) is 1. The van der Waals surface area contributed by atoms with Gasteiger partial charge in [0.1, 0.15) is 5.69 Å². The number of rotatable bonds is 6. The molecular weight excluding hydrogens is 308 g/mol. The molecule has 21 heavy (non-hydrogen) atoms. The fourth-order valence-corrected chi connectivity index (χ4v) is 2.22. The number of halogens is 3. The number of aryl methyl sites for hydroxylation is 2. The van der Waals surface area contributed by atoms with Gasteiger partial charge in [0, 0.05) is 27.1 Å². The maximum absolute atomic E-state index is 13.4. The van der Waals surface area contributed by atoms with Crippen LogP contribution in [0, 0.1) is 6.92 Å². The molecule has 0 unspecified atom stereocenters. The van der Waals surface area contributed by atoms with Crippen molar-refractivity contribution in [1.82, 2.24) is 14.7 Å². The number of alkyl halides is 3. The van der Waals surface area contributed by atoms with Crippen molar-refractivity contribution >= 4 is 23.5 Å². The molecule has 0 fully saturated rings. The van der Waals surface area contributed by atoms with Crippen LogP contribution < -0.4 is 0 Å². The first-order valence-electron chi connectivity index (χ1n) is 6.13. The molecule has 0 aliphatic carbocycles. The lowest BCUT2D eigenvalue weighted by atomic mass is 10.1. The summed E-state index contributed by atoms with van der Waals surface area (Å²) in [5.74, 6) is -1.65. The molecular formula is C12H16ClF2N3O3. The van der Waals surface area contributed by atoms with E-state index < -0.39 is 23.0 Å². The minimum atomic E-state index is -3.72. The van der Waals surface area contributed by atoms with Crippen molar-refractivity contribution in [3.63, 3.8) is 0 Å². The Labute approximate surface area is 125 Å². The van der Waals surface area contributed by atoms with Gasteiger partial charge in [0.15, 0.2) is 0 Å². The Balaban J connectivity index is 2.99. The van der Waals surface area contributed by atoms with Crippen molar-refractivity contribution in [1.29, 1.82) is 0 Å². The van der Waals surface area contributed by atoms with Gasteiger partial charge in [-0.1, -0.05) is 0 Å². The van der Waals surface area contributed by atoms with Crippen LogP contribution in [-0.2, 0) is 17.2 Å². The van der Waals surface area contributed by atoms with E-state index in [1.807, 2.05) is 0 Å². The number of carbonyl (C=O) groups is 2. The molecule has 0 aliphatic heterocycles. The van der Waals surface area contributed by atoms with Crippen molar-refractivity contribution in [2.45, 2.75) is 25.1 Å². The molecule has 0 spiro atoms. The normalized spacial score (nSPS) is 11.5. The standard InChI is InChI=1S/C12H16ClF2N3O3/c1-7-9(10(12(13,14)15)18(3)16-7)11(21)17(2)6-4-5-8(19)20/h4-6H2,1-3H3,(H,19,20). The van der Waals surface area contributed by atoms with Crippen LogP contribution in [0.2, 0.25) is 0 Å². The molecule has 0 bridgehead atoms. The summed E-state index contributed by atoms with van der Waals surface area (Å²) in [6.45, 7) is 1.57. The average molecular weight is 324 g/mol. The maximum atomic E-state index is 13.4. The Kier molecular flexibility index (Phi) is 5.27. The van der Waals surface area contributed by atoms with Crippen molar-refractivity contribution < 1.29 is 23.5 Å². The van der Waals surface area contributed by atoms with Crippen LogP contribution in [-0.4, -0.2) is 45.3 Å². The molecule has 118 valence electrons. The van der Waals surface area contributed by atoms with E-state index >= 15 is 0 Å². The Morgan fingerprint density at radius 3 is 2.52 bits per heavy atom. The molecule has 9 heteroatoms. The molecule has 0 atom stereocenters. The molecule has 1 rings (SSSR count). The van der Waals surface area contributed by atoms with Gasteiger partial charge in [-0.25, -0.2) is 0 Å². The van der Waals surface area contributed by atoms with E-state index in [9.17, 15) is 18.4 Å². The SMILES string of the molecule is Cc1nn(C)c(C(F)(F)Cl)c1C(=O)N(C)CCCC(=O)O. The number of carboxylic acids is 1. The third kappa shape index (κ3) is 4.13. The fraction of sp³-hybridized carbons (Fsp3) is 0.583. The smallest absolute Gasteiger partial charge is 0.365 e. The van der Waals surface area contributed by atoms with E-state index in [0.717, 1.165) is 4.68 Å². The molecule has 1 N–H and O–H groups in total. The highest BCUT2D eigenvalue weighted by Gasteiger charge is 2.39. The monoisotopic (exact) mass is 323 g/mol. The highest BCUT2D eigenvalue weighted by Crippen LogP contribution is 2.35. The van der Waals surface area contributed by atoms with Gasteiger partial charge in [-0.15, -0.1) is 0 Å². The Bertz CT molecular complexity index is 555. The number of hydrogen-bond donors (Lipinski definition) is 1. The van der Waals surface area contributed by atoms with E-state index in [4.69, 9.17) is 16.7 Å². The quantitative estimate of drug-likeness (QED) is 0.812. The minimum absolute atomic E-state index is 0.109. The predicted molar refractivity (Wildman–Crippen MR) is 71.5 cm³/mol. The summed E-state index contributed by atoms with van der Waals surface area (Å²) in [5, 5.41) is 8.63. The summed E-state index contributed by atoms with van der Waals surface area (Å²) < 4.78 is 27.7. The number of aliphatic carboxylic acids is 1. The van der Waals surface area contributed by atoms with Crippen LogP contribution in [0.4, 0.5) is 8.78 Å². The molecule has 0 radical (unpaired) electrons. The van der Waals surface area contributed by atoms with Gasteiger partial charge in [-0.05, 0) is 24.9 Å². The van der Waals surface area contributed by atoms with E-state index in [1.165, 1.54) is 25.9 Å². The topological polar surface area (TPSA) is 75.4 Å². The number of carbonyl (C=O) groups excluding carboxylic acids is 1. The van der Waals surface area contributed by atoms with Crippen molar-refractivity contribution in [2.24, 2.45) is 7.05 Å². The van der Waals surface area contributed by atoms with E-state index in [2.05, 4.69) is 5.10 Å². The lowest BCUT2D eigenvalue weighted by molar-refractivity contribution is -0.137. The van der Waals surface area contributed by atoms with Gasteiger partial charge in [0.2, 0.25) is 0 Å². The summed E-state index contributed by atoms with van der Waals surface area (Å²) in [6, 6.07) is 0. The van der Waals surface area contributed by atoms with Gasteiger partial charge in [-0.3, -0.25) is 14.3 Å². The second-order valence-electron chi connectivity index (χ2n) is 4.65. The first-order chi connectivity index (χ1) is 9.55. The molecule has 1 amide bonds. The summed E-state index contributed by atoms with van der Waals surface area (Å²) in [5.41, 5.74) is -0.782. The highest BCUT2D eigenvalue weighted by molar-refractivity contribution is 6.22. The van der Waals surface area contributed by atoms with Gasteiger partial charge >= 0.3 is 11.4 Å². The summed E-state index contributed by atoms with van der Waals surface area (Å²) >= 11 is 5.03. The third-order valence-corrected chi connectivity index (χ3v) is 3.11. The summed E-state index contributed by atoms with van der Waals surface area (Å²) in [6.07, 6.45) is 0.117. The van der Waals surface area contributed by atoms with Crippen molar-refractivity contribution in [3.8, 4) is 0 Å². The van der Waals surface area contributed by atoms with Crippen LogP contribution in [0.5, 0.6) is 0 Å². The first-order valence-corrected chi connectivity index (χ1v) is 6.51. The molecule has 1 aromatic rings. The first kappa shape index (κ1) is 17.4. The second kappa shape index (κ2) is 6.38. The zero-order chi connectivity index (χ0) is 16.4. The van der Waals surface area contributed by atoms with Crippen LogP contribution >= 0.6 is 11.6 Å². The molecule has 0 saturated heterocycles. The number of amides is 1. The van der Waals surface area contributed by atoms with E-state index in [-0.39, 0.29) is 30.6 Å². The summed E-state index contributed by atoms with van der Waals surface area (Å²) in [4.78, 5) is 23.9. The van der Waals surface area contributed by atoms with Crippen molar-refractivity contribution in [3.05, 3.63) is 17.0 Å². The van der Waals surface area contributed by atoms with Crippen LogP contribution in [0.1, 0.15) is 34.6 Å². The number of nitrogens with zero attached hydrogens (tertiary/aromatic N) is 3. The molecule has 0 saturated carbocycles. The number of hydrogen-bond acceptors (Lipinski definition) is 3.